The molecule has 28 heavy (non-hydrogen) atoms. The van der Waals surface area contributed by atoms with E-state index in [2.05, 4.69) is 30.9 Å². The first-order chi connectivity index (χ1) is 13.6. The van der Waals surface area contributed by atoms with Gasteiger partial charge in [-0.1, -0.05) is 5.21 Å². The highest BCUT2D eigenvalue weighted by Gasteiger charge is 2.28. The van der Waals surface area contributed by atoms with Crippen LogP contribution in [0.25, 0.3) is 16.9 Å². The minimum Gasteiger partial charge on any atom is -0.388 e. The Morgan fingerprint density at radius 3 is 2.96 bits per heavy atom. The van der Waals surface area contributed by atoms with Gasteiger partial charge in [0.1, 0.15) is 0 Å². The average Bonchev–Trinajstić information content (AvgIpc) is 3.34. The normalized spacial score (nSPS) is 18.9. The van der Waals surface area contributed by atoms with Gasteiger partial charge >= 0.3 is 0 Å². The van der Waals surface area contributed by atoms with E-state index in [1.807, 2.05) is 25.2 Å². The van der Waals surface area contributed by atoms with E-state index >= 15 is 0 Å². The van der Waals surface area contributed by atoms with Crippen molar-refractivity contribution in [1.29, 1.82) is 5.41 Å². The highest BCUT2D eigenvalue weighted by molar-refractivity contribution is 5.87. The van der Waals surface area contributed by atoms with Crippen LogP contribution in [0.1, 0.15) is 24.8 Å². The number of fused-ring (bicyclic) bond motifs is 1. The largest absolute Gasteiger partial charge is 0.388 e. The molecule has 2 aromatic heterocycles. The number of nitrogens with two attached hydrogens (primary N) is 1. The molecule has 1 amide bonds. The van der Waals surface area contributed by atoms with E-state index in [-0.39, 0.29) is 17.9 Å². The zero-order chi connectivity index (χ0) is 19.7. The molecule has 2 heterocycles. The summed E-state index contributed by atoms with van der Waals surface area (Å²) >= 11 is 0. The van der Waals surface area contributed by atoms with Crippen molar-refractivity contribution in [2.75, 3.05) is 17.7 Å². The highest BCUT2D eigenvalue weighted by atomic mass is 16.1. The third-order valence-corrected chi connectivity index (χ3v) is 5.07. The molecule has 0 aliphatic heterocycles. The van der Waals surface area contributed by atoms with Crippen LogP contribution >= 0.6 is 0 Å². The molecule has 2 atom stereocenters. The van der Waals surface area contributed by atoms with Crippen LogP contribution in [0.3, 0.4) is 0 Å². The summed E-state index contributed by atoms with van der Waals surface area (Å²) in [7, 11) is 1.81. The number of nitrogens with zero attached hydrogens (tertiary/aromatic N) is 5. The van der Waals surface area contributed by atoms with Crippen molar-refractivity contribution in [2.45, 2.75) is 25.3 Å². The number of aromatic nitrogens is 5. The molecule has 0 spiro atoms. The Morgan fingerprint density at radius 2 is 2.25 bits per heavy atom. The van der Waals surface area contributed by atoms with Gasteiger partial charge in [-0.15, -0.1) is 5.10 Å². The Bertz CT molecular complexity index is 1040. The molecule has 4 rings (SSSR count). The Kier molecular flexibility index (Phi) is 4.60. The lowest BCUT2D eigenvalue weighted by Crippen LogP contribution is -2.23. The molecule has 0 radical (unpaired) electrons. The van der Waals surface area contributed by atoms with Gasteiger partial charge < -0.3 is 21.8 Å². The second-order valence-electron chi connectivity index (χ2n) is 6.82. The summed E-state index contributed by atoms with van der Waals surface area (Å²) < 4.78 is 1.62. The van der Waals surface area contributed by atoms with Gasteiger partial charge in [0.05, 0.1) is 11.9 Å². The number of primary amides is 1. The summed E-state index contributed by atoms with van der Waals surface area (Å²) in [6.45, 7) is 0. The topological polar surface area (TPSA) is 147 Å². The first-order valence-corrected chi connectivity index (χ1v) is 9.06. The molecule has 3 aromatic rings. The van der Waals surface area contributed by atoms with Crippen LogP contribution < -0.4 is 16.4 Å². The lowest BCUT2D eigenvalue weighted by molar-refractivity contribution is -0.121. The van der Waals surface area contributed by atoms with Gasteiger partial charge in [-0.2, -0.15) is 9.67 Å². The van der Waals surface area contributed by atoms with Crippen molar-refractivity contribution >= 4 is 34.9 Å². The molecule has 1 unspecified atom stereocenters. The maximum absolute atomic E-state index is 11.4. The van der Waals surface area contributed by atoms with Crippen molar-refractivity contribution in [3.8, 4) is 5.69 Å². The molecule has 5 N–H and O–H groups in total. The summed E-state index contributed by atoms with van der Waals surface area (Å²) in [5.41, 5.74) is 8.88. The van der Waals surface area contributed by atoms with E-state index in [0.717, 1.165) is 29.8 Å². The van der Waals surface area contributed by atoms with Crippen LogP contribution in [0.15, 0.2) is 24.4 Å². The van der Waals surface area contributed by atoms with E-state index < -0.39 is 0 Å². The van der Waals surface area contributed by atoms with Crippen LogP contribution in [0, 0.1) is 11.3 Å². The number of carbonyl (C=O) groups is 1. The molecule has 0 bridgehead atoms. The molecule has 0 saturated heterocycles. The molecule has 1 aromatic carbocycles. The number of anilines is 2. The van der Waals surface area contributed by atoms with Crippen molar-refractivity contribution in [1.82, 2.24) is 25.0 Å². The van der Waals surface area contributed by atoms with Gasteiger partial charge in [-0.25, -0.2) is 4.98 Å². The molecule has 1 saturated carbocycles. The predicted molar refractivity (Wildman–Crippen MR) is 106 cm³/mol. The van der Waals surface area contributed by atoms with Gasteiger partial charge in [-0.05, 0) is 37.5 Å². The SMILES string of the molecule is CNc1ccc(-n2nnc3cnc(NC4CC[C@@H](C(N)=O)C4)nc32)cc1C=N. The van der Waals surface area contributed by atoms with E-state index in [1.54, 1.807) is 10.9 Å². The summed E-state index contributed by atoms with van der Waals surface area (Å²) in [6, 6.07) is 5.72. The number of amides is 1. The van der Waals surface area contributed by atoms with Crippen LogP contribution in [0.4, 0.5) is 11.6 Å². The lowest BCUT2D eigenvalue weighted by atomic mass is 10.1. The van der Waals surface area contributed by atoms with Crippen molar-refractivity contribution in [3.63, 3.8) is 0 Å². The first kappa shape index (κ1) is 17.8. The summed E-state index contributed by atoms with van der Waals surface area (Å²) in [6.07, 6.45) is 5.21. The fraction of sp³-hybridized carbons (Fsp3) is 0.333. The van der Waals surface area contributed by atoms with Crippen LogP contribution in [-0.2, 0) is 4.79 Å². The molecule has 1 fully saturated rings. The second-order valence-corrected chi connectivity index (χ2v) is 6.82. The Morgan fingerprint density at radius 1 is 1.39 bits per heavy atom. The van der Waals surface area contributed by atoms with Crippen LogP contribution in [0.2, 0.25) is 0 Å². The molecular formula is C18H21N9O. The molecule has 1 aliphatic carbocycles. The number of nitrogens with one attached hydrogen (secondary N) is 3. The van der Waals surface area contributed by atoms with Crippen molar-refractivity contribution < 1.29 is 4.79 Å². The number of hydrogen-bond acceptors (Lipinski definition) is 8. The molecule has 10 nitrogen and oxygen atoms in total. The van der Waals surface area contributed by atoms with E-state index in [9.17, 15) is 4.79 Å². The summed E-state index contributed by atoms with van der Waals surface area (Å²) in [5, 5.41) is 22.2. The lowest BCUT2D eigenvalue weighted by Gasteiger charge is -2.12. The average molecular weight is 379 g/mol. The zero-order valence-corrected chi connectivity index (χ0v) is 15.4. The quantitative estimate of drug-likeness (QED) is 0.472. The predicted octanol–water partition coefficient (Wildman–Crippen LogP) is 1.32. The van der Waals surface area contributed by atoms with Gasteiger partial charge in [0, 0.05) is 36.5 Å². The Hall–Kier alpha value is -3.56. The minimum absolute atomic E-state index is 0.0985. The molecular weight excluding hydrogens is 358 g/mol. The third kappa shape index (κ3) is 3.24. The van der Waals surface area contributed by atoms with E-state index in [4.69, 9.17) is 11.1 Å². The second kappa shape index (κ2) is 7.22. The zero-order valence-electron chi connectivity index (χ0n) is 15.4. The Balaban J connectivity index is 1.64. The number of hydrogen-bond donors (Lipinski definition) is 4. The number of carbonyl (C=O) groups excluding carboxylic acids is 1. The maximum Gasteiger partial charge on any atom is 0.225 e. The number of rotatable bonds is 6. The summed E-state index contributed by atoms with van der Waals surface area (Å²) in [4.78, 5) is 20.2. The van der Waals surface area contributed by atoms with Gasteiger partial charge in [0.2, 0.25) is 11.9 Å². The molecule has 1 aliphatic rings. The monoisotopic (exact) mass is 379 g/mol. The third-order valence-electron chi connectivity index (χ3n) is 5.07. The van der Waals surface area contributed by atoms with E-state index in [0.29, 0.717) is 23.5 Å². The van der Waals surface area contributed by atoms with Gasteiger partial charge in [0.25, 0.3) is 0 Å². The fourth-order valence-electron chi connectivity index (χ4n) is 3.55. The summed E-state index contributed by atoms with van der Waals surface area (Å²) in [5.74, 6) is 0.110. The fourth-order valence-corrected chi connectivity index (χ4v) is 3.55. The van der Waals surface area contributed by atoms with Crippen LogP contribution in [0.5, 0.6) is 0 Å². The maximum atomic E-state index is 11.4. The standard InChI is InChI=1S/C18H21N9O/c1-21-14-5-4-13(7-11(14)8-19)27-17-15(25-26-27)9-22-18(24-17)23-12-3-2-10(6-12)16(20)28/h4-5,7-10,12,19,21H,2-3,6H2,1H3,(H2,20,28)(H,22,23,24)/t10-,12?/m1/s1. The van der Waals surface area contributed by atoms with Crippen molar-refractivity contribution in [3.05, 3.63) is 30.0 Å². The number of benzene rings is 1. The van der Waals surface area contributed by atoms with Crippen molar-refractivity contribution in [2.24, 2.45) is 11.7 Å². The van der Waals surface area contributed by atoms with E-state index in [1.165, 1.54) is 6.21 Å². The molecule has 10 heteroatoms. The first-order valence-electron chi connectivity index (χ1n) is 9.06. The minimum atomic E-state index is -0.255. The highest BCUT2D eigenvalue weighted by Crippen LogP contribution is 2.27. The van der Waals surface area contributed by atoms with Gasteiger partial charge in [-0.3, -0.25) is 4.79 Å². The molecule has 144 valence electrons. The Labute approximate surface area is 161 Å². The van der Waals surface area contributed by atoms with Gasteiger partial charge in [0.15, 0.2) is 11.2 Å². The van der Waals surface area contributed by atoms with Crippen LogP contribution in [-0.4, -0.2) is 50.2 Å². The smallest absolute Gasteiger partial charge is 0.225 e.